The van der Waals surface area contributed by atoms with Crippen LogP contribution < -0.4 is 5.32 Å². The third kappa shape index (κ3) is 3.65. The second-order valence-corrected chi connectivity index (χ2v) is 6.81. The molecule has 0 spiro atoms. The zero-order valence-corrected chi connectivity index (χ0v) is 13.6. The highest BCUT2D eigenvalue weighted by Crippen LogP contribution is 2.36. The molecule has 2 N–H and O–H groups in total. The minimum absolute atomic E-state index is 0.168. The molecule has 2 nitrogen and oxygen atoms in total. The lowest BCUT2D eigenvalue weighted by atomic mass is 9.76. The number of aliphatic hydroxyl groups is 1. The molecule has 0 bridgehead atoms. The first-order chi connectivity index (χ1) is 9.08. The highest BCUT2D eigenvalue weighted by atomic mass is 79.9. The number of aliphatic hydroxyl groups excluding tert-OH is 1. The fourth-order valence-electron chi connectivity index (χ4n) is 2.84. The van der Waals surface area contributed by atoms with Crippen molar-refractivity contribution in [1.29, 1.82) is 0 Å². The maximum atomic E-state index is 9.79. The number of nitrogens with one attached hydrogen (secondary N) is 1. The fourth-order valence-corrected chi connectivity index (χ4v) is 3.34. The van der Waals surface area contributed by atoms with Crippen molar-refractivity contribution in [2.45, 2.75) is 44.6 Å². The molecule has 0 aromatic heterocycles. The Labute approximate surface area is 128 Å². The van der Waals surface area contributed by atoms with Crippen molar-refractivity contribution in [3.05, 3.63) is 27.7 Å². The largest absolute Gasteiger partial charge is 0.394 e. The van der Waals surface area contributed by atoms with Crippen LogP contribution in [0, 0.1) is 5.92 Å². The number of halogens is 2. The molecule has 106 valence electrons. The van der Waals surface area contributed by atoms with Crippen LogP contribution in [0.1, 0.15) is 39.0 Å². The van der Waals surface area contributed by atoms with Gasteiger partial charge in [-0.25, -0.2) is 0 Å². The highest BCUT2D eigenvalue weighted by molar-refractivity contribution is 9.10. The van der Waals surface area contributed by atoms with E-state index < -0.39 is 0 Å². The predicted octanol–water partition coefficient (Wildman–Crippen LogP) is 4.85. The molecule has 0 amide bonds. The van der Waals surface area contributed by atoms with E-state index in [2.05, 4.69) is 28.2 Å². The van der Waals surface area contributed by atoms with Crippen LogP contribution in [0.3, 0.4) is 0 Å². The predicted molar refractivity (Wildman–Crippen MR) is 84.8 cm³/mol. The molecule has 19 heavy (non-hydrogen) atoms. The average molecular weight is 347 g/mol. The molecule has 1 aliphatic rings. The first kappa shape index (κ1) is 15.1. The van der Waals surface area contributed by atoms with Crippen molar-refractivity contribution in [2.75, 3.05) is 11.9 Å². The summed E-state index contributed by atoms with van der Waals surface area (Å²) in [5, 5.41) is 14.0. The van der Waals surface area contributed by atoms with Gasteiger partial charge in [0.2, 0.25) is 0 Å². The SMILES string of the molecule is CCC1CCC(CO)(Nc2ccc(Cl)c(Br)c2)CC1. The Morgan fingerprint density at radius 1 is 1.42 bits per heavy atom. The topological polar surface area (TPSA) is 32.3 Å². The van der Waals surface area contributed by atoms with Crippen molar-refractivity contribution in [3.8, 4) is 0 Å². The van der Waals surface area contributed by atoms with Gasteiger partial charge in [-0.15, -0.1) is 0 Å². The lowest BCUT2D eigenvalue weighted by Crippen LogP contribution is -2.45. The van der Waals surface area contributed by atoms with Crippen LogP contribution in [0.4, 0.5) is 5.69 Å². The minimum atomic E-state index is -0.168. The van der Waals surface area contributed by atoms with Gasteiger partial charge < -0.3 is 10.4 Å². The number of anilines is 1. The summed E-state index contributed by atoms with van der Waals surface area (Å²) in [5.74, 6) is 0.818. The van der Waals surface area contributed by atoms with Gasteiger partial charge >= 0.3 is 0 Å². The zero-order chi connectivity index (χ0) is 13.9. The van der Waals surface area contributed by atoms with E-state index in [-0.39, 0.29) is 12.1 Å². The molecular weight excluding hydrogens is 326 g/mol. The Hall–Kier alpha value is -0.250. The van der Waals surface area contributed by atoms with E-state index in [1.54, 1.807) is 0 Å². The molecule has 1 aliphatic carbocycles. The smallest absolute Gasteiger partial charge is 0.0661 e. The van der Waals surface area contributed by atoms with Gasteiger partial charge in [-0.1, -0.05) is 24.9 Å². The maximum absolute atomic E-state index is 9.79. The molecule has 1 saturated carbocycles. The summed E-state index contributed by atoms with van der Waals surface area (Å²) >= 11 is 9.44. The summed E-state index contributed by atoms with van der Waals surface area (Å²) < 4.78 is 0.884. The first-order valence-electron chi connectivity index (χ1n) is 6.92. The lowest BCUT2D eigenvalue weighted by Gasteiger charge is -2.40. The van der Waals surface area contributed by atoms with Gasteiger partial charge in [-0.05, 0) is 65.7 Å². The molecule has 0 aliphatic heterocycles. The van der Waals surface area contributed by atoms with Crippen molar-refractivity contribution in [3.63, 3.8) is 0 Å². The Bertz CT molecular complexity index is 430. The van der Waals surface area contributed by atoms with E-state index in [9.17, 15) is 5.11 Å². The summed E-state index contributed by atoms with van der Waals surface area (Å²) in [6.45, 7) is 2.43. The Kier molecular flexibility index (Phi) is 5.15. The van der Waals surface area contributed by atoms with Gasteiger partial charge in [0.25, 0.3) is 0 Å². The molecule has 2 rings (SSSR count). The summed E-state index contributed by atoms with van der Waals surface area (Å²) in [4.78, 5) is 0. The van der Waals surface area contributed by atoms with Gasteiger partial charge in [0.15, 0.2) is 0 Å². The molecule has 0 atom stereocenters. The van der Waals surface area contributed by atoms with Gasteiger partial charge in [0, 0.05) is 10.2 Å². The van der Waals surface area contributed by atoms with Crippen LogP contribution in [0.2, 0.25) is 5.02 Å². The first-order valence-corrected chi connectivity index (χ1v) is 8.10. The van der Waals surface area contributed by atoms with Gasteiger partial charge in [0.05, 0.1) is 17.2 Å². The minimum Gasteiger partial charge on any atom is -0.394 e. The van der Waals surface area contributed by atoms with Crippen LogP contribution >= 0.6 is 27.5 Å². The average Bonchev–Trinajstić information content (AvgIpc) is 2.44. The van der Waals surface area contributed by atoms with Crippen molar-refractivity contribution >= 4 is 33.2 Å². The molecule has 1 aromatic carbocycles. The second-order valence-electron chi connectivity index (χ2n) is 5.54. The number of hydrogen-bond acceptors (Lipinski definition) is 2. The van der Waals surface area contributed by atoms with E-state index >= 15 is 0 Å². The third-order valence-corrected chi connectivity index (χ3v) is 5.49. The van der Waals surface area contributed by atoms with E-state index in [1.165, 1.54) is 19.3 Å². The van der Waals surface area contributed by atoms with Gasteiger partial charge in [-0.3, -0.25) is 0 Å². The lowest BCUT2D eigenvalue weighted by molar-refractivity contribution is 0.150. The Balaban J connectivity index is 2.08. The van der Waals surface area contributed by atoms with Gasteiger partial charge in [-0.2, -0.15) is 0 Å². The zero-order valence-electron chi connectivity index (χ0n) is 11.3. The van der Waals surface area contributed by atoms with E-state index in [0.29, 0.717) is 5.02 Å². The normalized spacial score (nSPS) is 27.3. The van der Waals surface area contributed by atoms with Crippen LogP contribution in [0.5, 0.6) is 0 Å². The summed E-state index contributed by atoms with van der Waals surface area (Å²) in [5.41, 5.74) is 0.846. The summed E-state index contributed by atoms with van der Waals surface area (Å²) in [7, 11) is 0. The molecule has 1 fully saturated rings. The molecule has 0 radical (unpaired) electrons. The van der Waals surface area contributed by atoms with E-state index in [4.69, 9.17) is 11.6 Å². The molecule has 0 heterocycles. The molecule has 0 saturated heterocycles. The number of rotatable bonds is 4. The van der Waals surface area contributed by atoms with E-state index in [1.807, 2.05) is 18.2 Å². The van der Waals surface area contributed by atoms with E-state index in [0.717, 1.165) is 28.9 Å². The number of hydrogen-bond donors (Lipinski definition) is 2. The Morgan fingerprint density at radius 2 is 2.11 bits per heavy atom. The molecule has 4 heteroatoms. The van der Waals surface area contributed by atoms with Crippen molar-refractivity contribution in [2.24, 2.45) is 5.92 Å². The highest BCUT2D eigenvalue weighted by Gasteiger charge is 2.34. The monoisotopic (exact) mass is 345 g/mol. The maximum Gasteiger partial charge on any atom is 0.0661 e. The standard InChI is InChI=1S/C15H21BrClNO/c1-2-11-5-7-15(10-19,8-6-11)18-12-3-4-14(17)13(16)9-12/h3-4,9,11,18-19H,2,5-8,10H2,1H3. The molecule has 0 unspecified atom stereocenters. The van der Waals surface area contributed by atoms with Crippen molar-refractivity contribution in [1.82, 2.24) is 0 Å². The molecular formula is C15H21BrClNO. The summed E-state index contributed by atoms with van der Waals surface area (Å²) in [6.07, 6.45) is 5.69. The molecule has 1 aromatic rings. The van der Waals surface area contributed by atoms with Crippen LogP contribution in [0.15, 0.2) is 22.7 Å². The Morgan fingerprint density at radius 3 is 2.63 bits per heavy atom. The quantitative estimate of drug-likeness (QED) is 0.817. The van der Waals surface area contributed by atoms with Crippen LogP contribution in [-0.4, -0.2) is 17.3 Å². The summed E-state index contributed by atoms with van der Waals surface area (Å²) in [6, 6.07) is 5.82. The fraction of sp³-hybridized carbons (Fsp3) is 0.600. The van der Waals surface area contributed by atoms with Crippen LogP contribution in [-0.2, 0) is 0 Å². The van der Waals surface area contributed by atoms with Gasteiger partial charge in [0.1, 0.15) is 0 Å². The second kappa shape index (κ2) is 6.47. The number of benzene rings is 1. The van der Waals surface area contributed by atoms with Crippen molar-refractivity contribution < 1.29 is 5.11 Å². The van der Waals surface area contributed by atoms with Crippen LogP contribution in [0.25, 0.3) is 0 Å². The third-order valence-electron chi connectivity index (χ3n) is 4.27.